The molecule has 0 spiro atoms. The van der Waals surface area contributed by atoms with Gasteiger partial charge in [-0.1, -0.05) is 0 Å². The molecule has 0 unspecified atom stereocenters. The summed E-state index contributed by atoms with van der Waals surface area (Å²) in [5.74, 6) is 0. The van der Waals surface area contributed by atoms with Crippen LogP contribution in [0.4, 0.5) is 0 Å². The maximum atomic E-state index is 4.48. The zero-order valence-corrected chi connectivity index (χ0v) is 10.6. The van der Waals surface area contributed by atoms with Gasteiger partial charge < -0.3 is 5.32 Å². The quantitative estimate of drug-likeness (QED) is 0.880. The molecule has 0 aliphatic rings. The molecule has 0 fully saturated rings. The summed E-state index contributed by atoms with van der Waals surface area (Å²) in [7, 11) is 1.93. The van der Waals surface area contributed by atoms with Crippen molar-refractivity contribution in [1.29, 1.82) is 0 Å². The minimum absolute atomic E-state index is 0.790. The van der Waals surface area contributed by atoms with Crippen LogP contribution in [0.2, 0.25) is 0 Å². The summed E-state index contributed by atoms with van der Waals surface area (Å²) in [6, 6.07) is 2.02. The normalized spacial score (nSPS) is 10.9. The molecule has 2 rings (SSSR count). The number of rotatable bonds is 4. The molecule has 0 atom stereocenters. The van der Waals surface area contributed by atoms with E-state index in [2.05, 4.69) is 22.3 Å². The third-order valence-corrected chi connectivity index (χ3v) is 3.50. The van der Waals surface area contributed by atoms with E-state index in [9.17, 15) is 0 Å². The fraction of sp³-hybridized carbons (Fsp3) is 0.455. The smallest absolute Gasteiger partial charge is 0.107 e. The van der Waals surface area contributed by atoms with Gasteiger partial charge in [-0.2, -0.15) is 5.10 Å². The molecule has 0 aliphatic carbocycles. The van der Waals surface area contributed by atoms with Gasteiger partial charge >= 0.3 is 0 Å². The highest BCUT2D eigenvalue weighted by Crippen LogP contribution is 2.15. The van der Waals surface area contributed by atoms with Gasteiger partial charge in [-0.15, -0.1) is 11.3 Å². The van der Waals surface area contributed by atoms with E-state index < -0.39 is 0 Å². The maximum absolute atomic E-state index is 4.48. The van der Waals surface area contributed by atoms with Crippen LogP contribution in [0.25, 0.3) is 0 Å². The molecular formula is C11H16N4S. The van der Waals surface area contributed by atoms with E-state index in [1.54, 1.807) is 11.3 Å². The molecule has 2 aromatic heterocycles. The summed E-state index contributed by atoms with van der Waals surface area (Å²) >= 11 is 1.76. The van der Waals surface area contributed by atoms with Crippen molar-refractivity contribution in [3.05, 3.63) is 33.5 Å². The molecule has 0 radical (unpaired) electrons. The first-order chi connectivity index (χ1) is 7.65. The van der Waals surface area contributed by atoms with Crippen LogP contribution >= 0.6 is 11.3 Å². The highest BCUT2D eigenvalue weighted by molar-refractivity contribution is 7.11. The first kappa shape index (κ1) is 11.3. The zero-order valence-electron chi connectivity index (χ0n) is 9.82. The minimum Gasteiger partial charge on any atom is -0.305 e. The predicted molar refractivity (Wildman–Crippen MR) is 65.3 cm³/mol. The molecule has 86 valence electrons. The Kier molecular flexibility index (Phi) is 3.36. The van der Waals surface area contributed by atoms with Gasteiger partial charge in [0.05, 0.1) is 11.4 Å². The summed E-state index contributed by atoms with van der Waals surface area (Å²) in [5, 5.41) is 8.79. The standard InChI is InChI=1S/C11H16N4S/c1-8-9(2)16-11(13-8)7-12-6-10-4-5-15(3)14-10/h4-5,12H,6-7H2,1-3H3. The minimum atomic E-state index is 0.790. The molecular weight excluding hydrogens is 220 g/mol. The highest BCUT2D eigenvalue weighted by atomic mass is 32.1. The van der Waals surface area contributed by atoms with Gasteiger partial charge in [-0.05, 0) is 19.9 Å². The number of aryl methyl sites for hydroxylation is 3. The Hall–Kier alpha value is -1.20. The van der Waals surface area contributed by atoms with Crippen molar-refractivity contribution >= 4 is 11.3 Å². The van der Waals surface area contributed by atoms with E-state index in [1.165, 1.54) is 4.88 Å². The van der Waals surface area contributed by atoms with Crippen molar-refractivity contribution in [1.82, 2.24) is 20.1 Å². The predicted octanol–water partition coefficient (Wildman–Crippen LogP) is 1.78. The van der Waals surface area contributed by atoms with Crippen molar-refractivity contribution < 1.29 is 0 Å². The Morgan fingerprint density at radius 2 is 2.19 bits per heavy atom. The molecule has 2 aromatic rings. The third kappa shape index (κ3) is 2.68. The summed E-state index contributed by atoms with van der Waals surface area (Å²) in [4.78, 5) is 5.78. The Morgan fingerprint density at radius 1 is 1.38 bits per heavy atom. The molecule has 0 amide bonds. The molecule has 0 saturated carbocycles. The van der Waals surface area contributed by atoms with Gasteiger partial charge in [-0.3, -0.25) is 4.68 Å². The number of hydrogen-bond donors (Lipinski definition) is 1. The number of nitrogens with one attached hydrogen (secondary N) is 1. The average molecular weight is 236 g/mol. The SMILES string of the molecule is Cc1nc(CNCc2ccn(C)n2)sc1C. The van der Waals surface area contributed by atoms with Crippen LogP contribution in [0.15, 0.2) is 12.3 Å². The first-order valence-electron chi connectivity index (χ1n) is 5.27. The monoisotopic (exact) mass is 236 g/mol. The van der Waals surface area contributed by atoms with Gasteiger partial charge in [0.1, 0.15) is 5.01 Å². The van der Waals surface area contributed by atoms with Crippen LogP contribution in [-0.4, -0.2) is 14.8 Å². The number of aromatic nitrogens is 3. The second-order valence-corrected chi connectivity index (χ2v) is 5.12. The van der Waals surface area contributed by atoms with E-state index in [0.717, 1.165) is 29.5 Å². The number of nitrogens with zero attached hydrogens (tertiary/aromatic N) is 3. The van der Waals surface area contributed by atoms with E-state index in [-0.39, 0.29) is 0 Å². The molecule has 5 heteroatoms. The van der Waals surface area contributed by atoms with Crippen LogP contribution < -0.4 is 5.32 Å². The lowest BCUT2D eigenvalue weighted by molar-refractivity contribution is 0.654. The Morgan fingerprint density at radius 3 is 2.75 bits per heavy atom. The van der Waals surface area contributed by atoms with Crippen molar-refractivity contribution in [2.75, 3.05) is 0 Å². The molecule has 16 heavy (non-hydrogen) atoms. The van der Waals surface area contributed by atoms with E-state index in [1.807, 2.05) is 30.9 Å². The van der Waals surface area contributed by atoms with Gasteiger partial charge in [0.25, 0.3) is 0 Å². The van der Waals surface area contributed by atoms with Crippen LogP contribution in [0, 0.1) is 13.8 Å². The van der Waals surface area contributed by atoms with E-state index >= 15 is 0 Å². The van der Waals surface area contributed by atoms with E-state index in [0.29, 0.717) is 0 Å². The second kappa shape index (κ2) is 4.76. The summed E-state index contributed by atoms with van der Waals surface area (Å²) < 4.78 is 1.81. The summed E-state index contributed by atoms with van der Waals surface area (Å²) in [6.07, 6.45) is 1.95. The van der Waals surface area contributed by atoms with Gasteiger partial charge in [0.15, 0.2) is 0 Å². The summed E-state index contributed by atoms with van der Waals surface area (Å²) in [5.41, 5.74) is 2.20. The molecule has 4 nitrogen and oxygen atoms in total. The molecule has 2 heterocycles. The van der Waals surface area contributed by atoms with Gasteiger partial charge in [-0.25, -0.2) is 4.98 Å². The Labute approximate surface area is 99.3 Å². The Balaban J connectivity index is 1.84. The number of hydrogen-bond acceptors (Lipinski definition) is 4. The van der Waals surface area contributed by atoms with Gasteiger partial charge in [0.2, 0.25) is 0 Å². The molecule has 1 N–H and O–H groups in total. The lowest BCUT2D eigenvalue weighted by Gasteiger charge is -1.98. The topological polar surface area (TPSA) is 42.7 Å². The first-order valence-corrected chi connectivity index (χ1v) is 6.09. The maximum Gasteiger partial charge on any atom is 0.107 e. The van der Waals surface area contributed by atoms with Crippen LogP contribution in [0.5, 0.6) is 0 Å². The van der Waals surface area contributed by atoms with Crippen LogP contribution in [-0.2, 0) is 20.1 Å². The fourth-order valence-corrected chi connectivity index (χ4v) is 2.37. The Bertz CT molecular complexity index is 453. The lowest BCUT2D eigenvalue weighted by atomic mass is 10.4. The summed E-state index contributed by atoms with van der Waals surface area (Å²) in [6.45, 7) is 5.76. The molecule has 0 aromatic carbocycles. The number of thiazole rings is 1. The lowest BCUT2D eigenvalue weighted by Crippen LogP contribution is -2.13. The average Bonchev–Trinajstić information content (AvgIpc) is 2.75. The van der Waals surface area contributed by atoms with E-state index in [4.69, 9.17) is 0 Å². The van der Waals surface area contributed by atoms with Crippen molar-refractivity contribution in [3.8, 4) is 0 Å². The van der Waals surface area contributed by atoms with Crippen molar-refractivity contribution in [2.24, 2.45) is 7.05 Å². The van der Waals surface area contributed by atoms with Crippen molar-refractivity contribution in [3.63, 3.8) is 0 Å². The fourth-order valence-electron chi connectivity index (χ4n) is 1.47. The largest absolute Gasteiger partial charge is 0.305 e. The third-order valence-electron chi connectivity index (χ3n) is 2.42. The van der Waals surface area contributed by atoms with Crippen molar-refractivity contribution in [2.45, 2.75) is 26.9 Å². The van der Waals surface area contributed by atoms with Crippen LogP contribution in [0.1, 0.15) is 21.3 Å². The molecule has 0 saturated heterocycles. The molecule has 0 bridgehead atoms. The zero-order chi connectivity index (χ0) is 11.5. The van der Waals surface area contributed by atoms with Crippen LogP contribution in [0.3, 0.4) is 0 Å². The van der Waals surface area contributed by atoms with Gasteiger partial charge in [0, 0.05) is 31.2 Å². The highest BCUT2D eigenvalue weighted by Gasteiger charge is 2.03. The second-order valence-electron chi connectivity index (χ2n) is 3.83. The molecule has 0 aliphatic heterocycles.